The van der Waals surface area contributed by atoms with Crippen LogP contribution in [0.15, 0.2) is 36.5 Å². The number of benzene rings is 1. The number of hydrogen-bond donors (Lipinski definition) is 0. The maximum Gasteiger partial charge on any atom is 0.417 e. The third-order valence-electron chi connectivity index (χ3n) is 6.44. The van der Waals surface area contributed by atoms with E-state index < -0.39 is 41.8 Å². The fourth-order valence-electron chi connectivity index (χ4n) is 4.75. The van der Waals surface area contributed by atoms with Gasteiger partial charge in [0, 0.05) is 37.5 Å². The number of ether oxygens (including phenoxy) is 3. The molecule has 0 bridgehead atoms. The lowest BCUT2D eigenvalue weighted by Gasteiger charge is -2.43. The lowest BCUT2D eigenvalue weighted by Crippen LogP contribution is -2.50. The van der Waals surface area contributed by atoms with E-state index in [4.69, 9.17) is 14.2 Å². The van der Waals surface area contributed by atoms with Crippen LogP contribution in [0.25, 0.3) is 0 Å². The number of halogens is 6. The highest BCUT2D eigenvalue weighted by molar-refractivity contribution is 5.93. The van der Waals surface area contributed by atoms with E-state index in [2.05, 4.69) is 4.98 Å². The second-order valence-corrected chi connectivity index (χ2v) is 9.28. The van der Waals surface area contributed by atoms with E-state index >= 15 is 0 Å². The molecule has 0 saturated carbocycles. The molecule has 6 nitrogen and oxygen atoms in total. The van der Waals surface area contributed by atoms with Gasteiger partial charge in [0.1, 0.15) is 23.2 Å². The van der Waals surface area contributed by atoms with E-state index in [0.717, 1.165) is 24.4 Å². The zero-order valence-electron chi connectivity index (χ0n) is 20.1. The van der Waals surface area contributed by atoms with Gasteiger partial charge in [0.2, 0.25) is 6.29 Å². The average molecular weight is 532 g/mol. The second kappa shape index (κ2) is 10.4. The standard InChI is InChI=1S/C25H26F6N2O4/c1-14-10-18(11-15(2)33(14)21-8-6-17(13-32-21)25(29,30)31)36-20-7-5-16(24(26,27)28)12-19(20)23(34)37-22-4-3-9-35-22/h5-8,12-15,18,22H,3-4,9-11H2,1-2H3/t14-,15?,18+,22?/m0/s1. The molecule has 2 aliphatic rings. The van der Waals surface area contributed by atoms with Crippen LogP contribution in [0.1, 0.15) is 61.0 Å². The average Bonchev–Trinajstić information content (AvgIpc) is 3.31. The molecule has 12 heteroatoms. The number of esters is 1. The van der Waals surface area contributed by atoms with Crippen LogP contribution in [0.2, 0.25) is 0 Å². The minimum absolute atomic E-state index is 0.0403. The van der Waals surface area contributed by atoms with E-state index in [1.165, 1.54) is 6.07 Å². The van der Waals surface area contributed by atoms with E-state index in [1.54, 1.807) is 0 Å². The first kappa shape index (κ1) is 27.0. The van der Waals surface area contributed by atoms with E-state index in [9.17, 15) is 31.1 Å². The van der Waals surface area contributed by atoms with Crippen LogP contribution in [0.4, 0.5) is 32.2 Å². The number of nitrogens with zero attached hydrogens (tertiary/aromatic N) is 2. The highest BCUT2D eigenvalue weighted by Crippen LogP contribution is 2.36. The van der Waals surface area contributed by atoms with Crippen molar-refractivity contribution in [3.63, 3.8) is 0 Å². The molecule has 3 heterocycles. The Morgan fingerprint density at radius 2 is 1.65 bits per heavy atom. The molecule has 0 amide bonds. The SMILES string of the molecule is CC1C[C@H](Oc2ccc(C(F)(F)F)cc2C(=O)OC2CCCO2)C[C@H](C)N1c1ccc(C(F)(F)F)cn1. The molecule has 1 aromatic heterocycles. The summed E-state index contributed by atoms with van der Waals surface area (Å²) in [6.45, 7) is 4.10. The number of pyridine rings is 1. The largest absolute Gasteiger partial charge is 0.489 e. The Morgan fingerprint density at radius 1 is 1.00 bits per heavy atom. The summed E-state index contributed by atoms with van der Waals surface area (Å²) in [6.07, 6.45) is -7.75. The Kier molecular flexibility index (Phi) is 7.59. The topological polar surface area (TPSA) is 60.9 Å². The van der Waals surface area contributed by atoms with Gasteiger partial charge in [0.25, 0.3) is 0 Å². The monoisotopic (exact) mass is 532 g/mol. The first-order valence-electron chi connectivity index (χ1n) is 11.8. The van der Waals surface area contributed by atoms with Crippen LogP contribution in [0.3, 0.4) is 0 Å². The summed E-state index contributed by atoms with van der Waals surface area (Å²) in [7, 11) is 0. The van der Waals surface area contributed by atoms with Gasteiger partial charge in [-0.25, -0.2) is 9.78 Å². The molecule has 37 heavy (non-hydrogen) atoms. The van der Waals surface area contributed by atoms with Crippen LogP contribution in [-0.2, 0) is 21.8 Å². The summed E-state index contributed by atoms with van der Waals surface area (Å²) in [5.41, 5.74) is -2.21. The molecular weight excluding hydrogens is 506 g/mol. The van der Waals surface area contributed by atoms with Crippen LogP contribution >= 0.6 is 0 Å². The van der Waals surface area contributed by atoms with E-state index in [-0.39, 0.29) is 23.4 Å². The summed E-state index contributed by atoms with van der Waals surface area (Å²) in [4.78, 5) is 18.6. The minimum atomic E-state index is -4.67. The predicted molar refractivity (Wildman–Crippen MR) is 120 cm³/mol. The van der Waals surface area contributed by atoms with Crippen LogP contribution < -0.4 is 9.64 Å². The van der Waals surface area contributed by atoms with Crippen molar-refractivity contribution in [1.29, 1.82) is 0 Å². The van der Waals surface area contributed by atoms with Crippen molar-refractivity contribution >= 4 is 11.8 Å². The summed E-state index contributed by atoms with van der Waals surface area (Å²) >= 11 is 0. The van der Waals surface area contributed by atoms with Gasteiger partial charge < -0.3 is 19.1 Å². The van der Waals surface area contributed by atoms with Gasteiger partial charge in [-0.1, -0.05) is 0 Å². The summed E-state index contributed by atoms with van der Waals surface area (Å²) in [6, 6.07) is 4.51. The number of hydrogen-bond acceptors (Lipinski definition) is 6. The Labute approximate surface area is 209 Å². The molecule has 0 spiro atoms. The van der Waals surface area contributed by atoms with Gasteiger partial charge in [-0.2, -0.15) is 26.3 Å². The Hall–Kier alpha value is -3.02. The molecular formula is C25H26F6N2O4. The molecule has 2 saturated heterocycles. The molecule has 4 atom stereocenters. The molecule has 0 N–H and O–H groups in total. The van der Waals surface area contributed by atoms with Gasteiger partial charge in [0.05, 0.1) is 17.7 Å². The third-order valence-corrected chi connectivity index (χ3v) is 6.44. The van der Waals surface area contributed by atoms with Crippen molar-refractivity contribution in [2.24, 2.45) is 0 Å². The number of carbonyl (C=O) groups is 1. The number of rotatable bonds is 5. The van der Waals surface area contributed by atoms with Crippen molar-refractivity contribution < 1.29 is 45.3 Å². The molecule has 2 aromatic rings. The highest BCUT2D eigenvalue weighted by Gasteiger charge is 2.37. The Balaban J connectivity index is 1.51. The zero-order chi connectivity index (χ0) is 27.0. The molecule has 202 valence electrons. The van der Waals surface area contributed by atoms with Crippen molar-refractivity contribution in [1.82, 2.24) is 4.98 Å². The van der Waals surface area contributed by atoms with E-state index in [1.807, 2.05) is 18.7 Å². The molecule has 0 aliphatic carbocycles. The van der Waals surface area contributed by atoms with Crippen molar-refractivity contribution in [2.45, 2.75) is 76.4 Å². The van der Waals surface area contributed by atoms with Crippen molar-refractivity contribution in [3.8, 4) is 5.75 Å². The number of anilines is 1. The smallest absolute Gasteiger partial charge is 0.417 e. The van der Waals surface area contributed by atoms with Crippen LogP contribution in [-0.4, -0.2) is 42.0 Å². The molecule has 1 aromatic carbocycles. The fourth-order valence-corrected chi connectivity index (χ4v) is 4.75. The minimum Gasteiger partial charge on any atom is -0.489 e. The predicted octanol–water partition coefficient (Wildman–Crippen LogP) is 6.24. The maximum absolute atomic E-state index is 13.3. The Bertz CT molecular complexity index is 1090. The number of carbonyl (C=O) groups excluding carboxylic acids is 1. The summed E-state index contributed by atoms with van der Waals surface area (Å²) in [5.74, 6) is -0.635. The van der Waals surface area contributed by atoms with Crippen LogP contribution in [0.5, 0.6) is 5.75 Å². The first-order valence-corrected chi connectivity index (χ1v) is 11.8. The van der Waals surface area contributed by atoms with Crippen molar-refractivity contribution in [3.05, 3.63) is 53.2 Å². The quantitative estimate of drug-likeness (QED) is 0.336. The number of aromatic nitrogens is 1. The van der Waals surface area contributed by atoms with Crippen molar-refractivity contribution in [2.75, 3.05) is 11.5 Å². The van der Waals surface area contributed by atoms with Gasteiger partial charge >= 0.3 is 18.3 Å². The lowest BCUT2D eigenvalue weighted by molar-refractivity contribution is -0.138. The van der Waals surface area contributed by atoms with Gasteiger partial charge in [-0.3, -0.25) is 0 Å². The lowest BCUT2D eigenvalue weighted by atomic mass is 9.94. The number of piperidine rings is 1. The molecule has 2 unspecified atom stereocenters. The summed E-state index contributed by atoms with van der Waals surface area (Å²) < 4.78 is 95.2. The molecule has 2 aliphatic heterocycles. The summed E-state index contributed by atoms with van der Waals surface area (Å²) in [5, 5.41) is 0. The molecule has 4 rings (SSSR count). The molecule has 0 radical (unpaired) electrons. The molecule has 2 fully saturated rings. The van der Waals surface area contributed by atoms with Gasteiger partial charge in [-0.05, 0) is 50.6 Å². The second-order valence-electron chi connectivity index (χ2n) is 9.28. The highest BCUT2D eigenvalue weighted by atomic mass is 19.4. The maximum atomic E-state index is 13.3. The normalized spacial score (nSPS) is 24.7. The number of alkyl halides is 6. The van der Waals surface area contributed by atoms with Crippen LogP contribution in [0, 0.1) is 0 Å². The third kappa shape index (κ3) is 6.28. The fraction of sp³-hybridized carbons (Fsp3) is 0.520. The Morgan fingerprint density at radius 3 is 2.19 bits per heavy atom. The van der Waals surface area contributed by atoms with Gasteiger partial charge in [-0.15, -0.1) is 0 Å². The zero-order valence-corrected chi connectivity index (χ0v) is 20.1. The van der Waals surface area contributed by atoms with E-state index in [0.29, 0.717) is 44.2 Å². The first-order chi connectivity index (χ1) is 17.3. The van der Waals surface area contributed by atoms with Gasteiger partial charge in [0.15, 0.2) is 0 Å².